The fourth-order valence-corrected chi connectivity index (χ4v) is 2.69. The van der Waals surface area contributed by atoms with Crippen LogP contribution in [-0.2, 0) is 0 Å². The number of rotatable bonds is 4. The summed E-state index contributed by atoms with van der Waals surface area (Å²) >= 11 is 1.22. The van der Waals surface area contributed by atoms with Crippen molar-refractivity contribution in [3.8, 4) is 0 Å². The smallest absolute Gasteiger partial charge is 0.136 e. The summed E-state index contributed by atoms with van der Waals surface area (Å²) < 4.78 is 26.6. The second kappa shape index (κ2) is 6.17. The van der Waals surface area contributed by atoms with E-state index in [1.807, 2.05) is 6.92 Å². The maximum absolute atomic E-state index is 13.4. The van der Waals surface area contributed by atoms with Crippen LogP contribution < -0.4 is 0 Å². The molecule has 1 unspecified atom stereocenters. The van der Waals surface area contributed by atoms with Crippen LogP contribution in [0.1, 0.15) is 17.2 Å². The van der Waals surface area contributed by atoms with Gasteiger partial charge in [0.2, 0.25) is 0 Å². The molecule has 0 radical (unpaired) electrons. The van der Waals surface area contributed by atoms with Crippen molar-refractivity contribution in [1.29, 1.82) is 0 Å². The van der Waals surface area contributed by atoms with Crippen LogP contribution in [0.3, 0.4) is 0 Å². The fourth-order valence-electron chi connectivity index (χ4n) is 1.79. The molecule has 0 aliphatic heterocycles. The van der Waals surface area contributed by atoms with Crippen LogP contribution in [0.4, 0.5) is 8.78 Å². The van der Waals surface area contributed by atoms with Crippen LogP contribution in [0.25, 0.3) is 0 Å². The second-order valence-electron chi connectivity index (χ2n) is 4.26. The minimum absolute atomic E-state index is 0.283. The molecule has 2 aromatic rings. The average Bonchev–Trinajstić information content (AvgIpc) is 2.40. The Morgan fingerprint density at radius 2 is 1.89 bits per heavy atom. The molecular weight excluding hydrogens is 266 g/mol. The first-order valence-corrected chi connectivity index (χ1v) is 6.88. The third-order valence-corrected chi connectivity index (χ3v) is 3.96. The predicted octanol–water partition coefficient (Wildman–Crippen LogP) is 4.10. The highest BCUT2D eigenvalue weighted by Gasteiger charge is 2.13. The lowest BCUT2D eigenvalue weighted by atomic mass is 10.0. The Balaban J connectivity index is 2.07. The van der Waals surface area contributed by atoms with Crippen molar-refractivity contribution in [3.63, 3.8) is 0 Å². The Bertz CT molecular complexity index is 572. The zero-order valence-corrected chi connectivity index (χ0v) is 11.3. The van der Waals surface area contributed by atoms with Gasteiger partial charge >= 0.3 is 0 Å². The molecule has 0 aliphatic rings. The summed E-state index contributed by atoms with van der Waals surface area (Å²) in [5.74, 6) is -0.406. The number of hydrogen-bond donors (Lipinski definition) is 1. The SMILES string of the molecule is Cc1ccc(F)cc1C(O)CSc1ccccc1F. The van der Waals surface area contributed by atoms with Crippen molar-refractivity contribution in [2.75, 3.05) is 5.75 Å². The van der Waals surface area contributed by atoms with Gasteiger partial charge in [-0.25, -0.2) is 8.78 Å². The molecule has 0 fully saturated rings. The Hall–Kier alpha value is -1.39. The van der Waals surface area contributed by atoms with Crippen LogP contribution in [0, 0.1) is 18.6 Å². The third-order valence-electron chi connectivity index (χ3n) is 2.83. The van der Waals surface area contributed by atoms with E-state index in [-0.39, 0.29) is 17.4 Å². The Morgan fingerprint density at radius 1 is 1.16 bits per heavy atom. The molecule has 2 rings (SSSR count). The first-order chi connectivity index (χ1) is 9.08. The van der Waals surface area contributed by atoms with E-state index in [0.29, 0.717) is 10.5 Å². The van der Waals surface area contributed by atoms with E-state index < -0.39 is 6.10 Å². The first kappa shape index (κ1) is 14.0. The van der Waals surface area contributed by atoms with Crippen molar-refractivity contribution >= 4 is 11.8 Å². The highest BCUT2D eigenvalue weighted by molar-refractivity contribution is 7.99. The van der Waals surface area contributed by atoms with Gasteiger partial charge in [-0.1, -0.05) is 18.2 Å². The molecule has 100 valence electrons. The van der Waals surface area contributed by atoms with Crippen LogP contribution in [0.5, 0.6) is 0 Å². The minimum atomic E-state index is -0.819. The van der Waals surface area contributed by atoms with E-state index in [0.717, 1.165) is 5.56 Å². The monoisotopic (exact) mass is 280 g/mol. The lowest BCUT2D eigenvalue weighted by Crippen LogP contribution is -2.03. The first-order valence-electron chi connectivity index (χ1n) is 5.89. The van der Waals surface area contributed by atoms with E-state index in [1.54, 1.807) is 24.3 Å². The number of aryl methyl sites for hydroxylation is 1. The van der Waals surface area contributed by atoms with Crippen LogP contribution in [0.2, 0.25) is 0 Å². The molecule has 0 saturated carbocycles. The van der Waals surface area contributed by atoms with Crippen LogP contribution in [0.15, 0.2) is 47.4 Å². The van der Waals surface area contributed by atoms with Gasteiger partial charge in [-0.3, -0.25) is 0 Å². The van der Waals surface area contributed by atoms with Gasteiger partial charge < -0.3 is 5.11 Å². The molecule has 1 nitrogen and oxygen atoms in total. The van der Waals surface area contributed by atoms with E-state index in [2.05, 4.69) is 0 Å². The van der Waals surface area contributed by atoms with E-state index in [9.17, 15) is 13.9 Å². The maximum atomic E-state index is 13.4. The molecule has 0 spiro atoms. The number of halogens is 2. The largest absolute Gasteiger partial charge is 0.388 e. The molecule has 2 aromatic carbocycles. The molecule has 1 atom stereocenters. The normalized spacial score (nSPS) is 12.4. The molecule has 0 bridgehead atoms. The van der Waals surface area contributed by atoms with Crippen molar-refractivity contribution in [2.45, 2.75) is 17.9 Å². The maximum Gasteiger partial charge on any atom is 0.136 e. The topological polar surface area (TPSA) is 20.2 Å². The molecule has 0 saturated heterocycles. The molecule has 0 aromatic heterocycles. The summed E-state index contributed by atoms with van der Waals surface area (Å²) in [4.78, 5) is 0.482. The highest BCUT2D eigenvalue weighted by Crippen LogP contribution is 2.28. The quantitative estimate of drug-likeness (QED) is 0.851. The zero-order chi connectivity index (χ0) is 13.8. The Labute approximate surface area is 115 Å². The number of benzene rings is 2. The minimum Gasteiger partial charge on any atom is -0.388 e. The van der Waals surface area contributed by atoms with Gasteiger partial charge in [0.25, 0.3) is 0 Å². The standard InChI is InChI=1S/C15H14F2OS/c1-10-6-7-11(16)8-12(10)14(18)9-19-15-5-3-2-4-13(15)17/h2-8,14,18H,9H2,1H3. The van der Waals surface area contributed by atoms with Crippen LogP contribution >= 0.6 is 11.8 Å². The summed E-state index contributed by atoms with van der Waals surface area (Å²) in [6.45, 7) is 1.81. The Kier molecular flexibility index (Phi) is 4.56. The molecular formula is C15H14F2OS. The fraction of sp³-hybridized carbons (Fsp3) is 0.200. The number of hydrogen-bond acceptors (Lipinski definition) is 2. The lowest BCUT2D eigenvalue weighted by molar-refractivity contribution is 0.203. The van der Waals surface area contributed by atoms with Crippen molar-refractivity contribution in [1.82, 2.24) is 0 Å². The summed E-state index contributed by atoms with van der Waals surface area (Å²) in [6, 6.07) is 10.7. The Morgan fingerprint density at radius 3 is 2.63 bits per heavy atom. The van der Waals surface area contributed by atoms with Crippen molar-refractivity contribution < 1.29 is 13.9 Å². The number of aliphatic hydroxyl groups excluding tert-OH is 1. The van der Waals surface area contributed by atoms with Gasteiger partial charge in [-0.2, -0.15) is 0 Å². The van der Waals surface area contributed by atoms with Gasteiger partial charge in [0, 0.05) is 10.6 Å². The van der Waals surface area contributed by atoms with Gasteiger partial charge in [0.1, 0.15) is 11.6 Å². The summed E-state index contributed by atoms with van der Waals surface area (Å²) in [7, 11) is 0. The molecule has 19 heavy (non-hydrogen) atoms. The molecule has 0 heterocycles. The van der Waals surface area contributed by atoms with Gasteiger partial charge in [0.05, 0.1) is 6.10 Å². The van der Waals surface area contributed by atoms with Gasteiger partial charge in [0.15, 0.2) is 0 Å². The lowest BCUT2D eigenvalue weighted by Gasteiger charge is -2.13. The predicted molar refractivity (Wildman–Crippen MR) is 73.2 cm³/mol. The van der Waals surface area contributed by atoms with Crippen LogP contribution in [-0.4, -0.2) is 10.9 Å². The van der Waals surface area contributed by atoms with Crippen molar-refractivity contribution in [3.05, 3.63) is 65.2 Å². The molecule has 0 aliphatic carbocycles. The molecule has 0 amide bonds. The van der Waals surface area contributed by atoms with Gasteiger partial charge in [-0.15, -0.1) is 11.8 Å². The third kappa shape index (κ3) is 3.55. The molecule has 4 heteroatoms. The van der Waals surface area contributed by atoms with E-state index in [4.69, 9.17) is 0 Å². The summed E-state index contributed by atoms with van der Waals surface area (Å²) in [6.07, 6.45) is -0.819. The average molecular weight is 280 g/mol. The zero-order valence-electron chi connectivity index (χ0n) is 10.4. The summed E-state index contributed by atoms with van der Waals surface area (Å²) in [5, 5.41) is 10.1. The number of aliphatic hydroxyl groups is 1. The number of thioether (sulfide) groups is 1. The van der Waals surface area contributed by atoms with E-state index >= 15 is 0 Å². The second-order valence-corrected chi connectivity index (χ2v) is 5.32. The summed E-state index contributed by atoms with van der Waals surface area (Å²) in [5.41, 5.74) is 1.37. The van der Waals surface area contributed by atoms with E-state index in [1.165, 1.54) is 30.0 Å². The van der Waals surface area contributed by atoms with Gasteiger partial charge in [-0.05, 0) is 42.3 Å². The van der Waals surface area contributed by atoms with Crippen molar-refractivity contribution in [2.24, 2.45) is 0 Å². The highest BCUT2D eigenvalue weighted by atomic mass is 32.2. The molecule has 1 N–H and O–H groups in total.